The number of benzene rings is 2. The summed E-state index contributed by atoms with van der Waals surface area (Å²) in [4.78, 5) is 11.6. The van der Waals surface area contributed by atoms with Crippen LogP contribution in [-0.4, -0.2) is 12.1 Å². The number of halogens is 4. The summed E-state index contributed by atoms with van der Waals surface area (Å²) >= 11 is 11.7. The van der Waals surface area contributed by atoms with E-state index >= 15 is 0 Å². The number of carbonyl (C=O) groups is 1. The molecule has 24 heavy (non-hydrogen) atoms. The van der Waals surface area contributed by atoms with Crippen LogP contribution in [0.4, 0.5) is 8.78 Å². The molecule has 0 N–H and O–H groups in total. The van der Waals surface area contributed by atoms with Gasteiger partial charge in [-0.05, 0) is 42.3 Å². The molecular weight excluding hydrogens is 357 g/mol. The first-order valence-electron chi connectivity index (χ1n) is 7.42. The standard InChI is InChI=1S/C18H16Cl2F2O2/c1-3-17(23)24-10(2)18(11-4-6-15(21)13(19)8-11)12-5-7-16(22)14(20)9-12/h4-10,18H,3H2,1-2H3. The number of carbonyl (C=O) groups excluding carboxylic acids is 1. The molecule has 1 unspecified atom stereocenters. The van der Waals surface area contributed by atoms with E-state index in [9.17, 15) is 13.6 Å². The zero-order chi connectivity index (χ0) is 17.9. The van der Waals surface area contributed by atoms with Crippen molar-refractivity contribution in [3.05, 3.63) is 69.2 Å². The molecule has 128 valence electrons. The van der Waals surface area contributed by atoms with Crippen LogP contribution in [-0.2, 0) is 9.53 Å². The lowest BCUT2D eigenvalue weighted by molar-refractivity contribution is -0.148. The summed E-state index contributed by atoms with van der Waals surface area (Å²) in [6.45, 7) is 3.40. The third kappa shape index (κ3) is 4.25. The molecule has 0 heterocycles. The number of hydrogen-bond acceptors (Lipinski definition) is 2. The molecule has 2 nitrogen and oxygen atoms in total. The van der Waals surface area contributed by atoms with Gasteiger partial charge in [0.05, 0.1) is 10.0 Å². The molecule has 0 saturated heterocycles. The predicted octanol–water partition coefficient (Wildman–Crippen LogP) is 5.75. The fourth-order valence-electron chi connectivity index (χ4n) is 2.50. The molecule has 2 rings (SSSR count). The zero-order valence-electron chi connectivity index (χ0n) is 13.2. The van der Waals surface area contributed by atoms with Crippen LogP contribution in [0.25, 0.3) is 0 Å². The minimum absolute atomic E-state index is 0.0419. The first kappa shape index (κ1) is 18.7. The molecule has 0 saturated carbocycles. The molecule has 2 aromatic carbocycles. The highest BCUT2D eigenvalue weighted by atomic mass is 35.5. The van der Waals surface area contributed by atoms with E-state index < -0.39 is 23.7 Å². The second-order valence-corrected chi connectivity index (χ2v) is 6.19. The summed E-state index contributed by atoms with van der Waals surface area (Å²) in [7, 11) is 0. The van der Waals surface area contributed by atoms with Crippen molar-refractivity contribution >= 4 is 29.2 Å². The van der Waals surface area contributed by atoms with E-state index in [1.165, 1.54) is 24.3 Å². The molecule has 6 heteroatoms. The molecule has 0 amide bonds. The van der Waals surface area contributed by atoms with Gasteiger partial charge in [0, 0.05) is 12.3 Å². The lowest BCUT2D eigenvalue weighted by Gasteiger charge is -2.25. The van der Waals surface area contributed by atoms with Gasteiger partial charge in [0.1, 0.15) is 17.7 Å². The van der Waals surface area contributed by atoms with Crippen molar-refractivity contribution in [3.8, 4) is 0 Å². The van der Waals surface area contributed by atoms with Crippen LogP contribution in [0.3, 0.4) is 0 Å². The fourth-order valence-corrected chi connectivity index (χ4v) is 2.88. The summed E-state index contributed by atoms with van der Waals surface area (Å²) in [5.74, 6) is -1.92. The Morgan fingerprint density at radius 3 is 1.88 bits per heavy atom. The minimum Gasteiger partial charge on any atom is -0.462 e. The molecule has 0 spiro atoms. The number of hydrogen-bond donors (Lipinski definition) is 0. The van der Waals surface area contributed by atoms with E-state index in [0.717, 1.165) is 0 Å². The number of esters is 1. The predicted molar refractivity (Wildman–Crippen MR) is 90.5 cm³/mol. The van der Waals surface area contributed by atoms with Crippen LogP contribution in [0, 0.1) is 11.6 Å². The van der Waals surface area contributed by atoms with Crippen LogP contribution in [0.15, 0.2) is 36.4 Å². The van der Waals surface area contributed by atoms with Crippen molar-refractivity contribution in [2.45, 2.75) is 32.3 Å². The van der Waals surface area contributed by atoms with Gasteiger partial charge in [-0.3, -0.25) is 4.79 Å². The third-order valence-electron chi connectivity index (χ3n) is 3.68. The van der Waals surface area contributed by atoms with E-state index in [1.807, 2.05) is 0 Å². The van der Waals surface area contributed by atoms with Crippen LogP contribution in [0.5, 0.6) is 0 Å². The second kappa shape index (κ2) is 7.95. The molecule has 0 aromatic heterocycles. The first-order chi connectivity index (χ1) is 11.3. The largest absolute Gasteiger partial charge is 0.462 e. The third-order valence-corrected chi connectivity index (χ3v) is 4.26. The first-order valence-corrected chi connectivity index (χ1v) is 8.18. The highest BCUT2D eigenvalue weighted by Crippen LogP contribution is 2.34. The van der Waals surface area contributed by atoms with Gasteiger partial charge in [0.15, 0.2) is 0 Å². The monoisotopic (exact) mass is 372 g/mol. The van der Waals surface area contributed by atoms with E-state index in [0.29, 0.717) is 11.1 Å². The maximum atomic E-state index is 13.5. The lowest BCUT2D eigenvalue weighted by Crippen LogP contribution is -2.23. The van der Waals surface area contributed by atoms with Gasteiger partial charge in [0.25, 0.3) is 0 Å². The Morgan fingerprint density at radius 2 is 1.50 bits per heavy atom. The van der Waals surface area contributed by atoms with Gasteiger partial charge >= 0.3 is 5.97 Å². The SMILES string of the molecule is CCC(=O)OC(C)C(c1ccc(F)c(Cl)c1)c1ccc(F)c(Cl)c1. The molecule has 1 atom stereocenters. The molecule has 0 aliphatic heterocycles. The summed E-state index contributed by atoms with van der Waals surface area (Å²) < 4.78 is 32.3. The highest BCUT2D eigenvalue weighted by Gasteiger charge is 2.26. The van der Waals surface area contributed by atoms with Gasteiger partial charge < -0.3 is 4.74 Å². The summed E-state index contributed by atoms with van der Waals surface area (Å²) in [6, 6.07) is 8.53. The quantitative estimate of drug-likeness (QED) is 0.625. The van der Waals surface area contributed by atoms with Crippen LogP contribution in [0.2, 0.25) is 10.0 Å². The topological polar surface area (TPSA) is 26.3 Å². The van der Waals surface area contributed by atoms with Crippen molar-refractivity contribution in [2.75, 3.05) is 0 Å². The van der Waals surface area contributed by atoms with Crippen molar-refractivity contribution in [1.29, 1.82) is 0 Å². The molecule has 0 fully saturated rings. The average Bonchev–Trinajstić information content (AvgIpc) is 2.54. The van der Waals surface area contributed by atoms with Crippen LogP contribution >= 0.6 is 23.2 Å². The normalized spacial score (nSPS) is 12.3. The van der Waals surface area contributed by atoms with Gasteiger partial charge in [-0.15, -0.1) is 0 Å². The van der Waals surface area contributed by atoms with E-state index in [1.54, 1.807) is 26.0 Å². The number of rotatable bonds is 5. The van der Waals surface area contributed by atoms with Crippen molar-refractivity contribution < 1.29 is 18.3 Å². The van der Waals surface area contributed by atoms with Gasteiger partial charge in [-0.2, -0.15) is 0 Å². The Balaban J connectivity index is 2.49. The van der Waals surface area contributed by atoms with Crippen molar-refractivity contribution in [1.82, 2.24) is 0 Å². The van der Waals surface area contributed by atoms with E-state index in [4.69, 9.17) is 27.9 Å². The Bertz CT molecular complexity index is 698. The fraction of sp³-hybridized carbons (Fsp3) is 0.278. The van der Waals surface area contributed by atoms with Crippen molar-refractivity contribution in [3.63, 3.8) is 0 Å². The lowest BCUT2D eigenvalue weighted by atomic mass is 9.87. The van der Waals surface area contributed by atoms with E-state index in [2.05, 4.69) is 0 Å². The van der Waals surface area contributed by atoms with Crippen molar-refractivity contribution in [2.24, 2.45) is 0 Å². The maximum absolute atomic E-state index is 13.5. The highest BCUT2D eigenvalue weighted by molar-refractivity contribution is 6.31. The Hall–Kier alpha value is -1.65. The maximum Gasteiger partial charge on any atom is 0.305 e. The average molecular weight is 373 g/mol. The molecule has 0 radical (unpaired) electrons. The molecule has 0 bridgehead atoms. The Labute approximate surface area is 149 Å². The molecule has 0 aliphatic carbocycles. The molecular formula is C18H16Cl2F2O2. The van der Waals surface area contributed by atoms with Gasteiger partial charge in [0.2, 0.25) is 0 Å². The molecule has 0 aliphatic rings. The smallest absolute Gasteiger partial charge is 0.305 e. The Kier molecular flexibility index (Phi) is 6.19. The summed E-state index contributed by atoms with van der Waals surface area (Å²) in [5.41, 5.74) is 1.28. The summed E-state index contributed by atoms with van der Waals surface area (Å²) in [5, 5.41) is -0.0838. The van der Waals surface area contributed by atoms with E-state index in [-0.39, 0.29) is 22.4 Å². The summed E-state index contributed by atoms with van der Waals surface area (Å²) in [6.07, 6.45) is -0.341. The zero-order valence-corrected chi connectivity index (χ0v) is 14.7. The van der Waals surface area contributed by atoms with Crippen LogP contribution < -0.4 is 0 Å². The minimum atomic E-state index is -0.569. The Morgan fingerprint density at radius 1 is 1.04 bits per heavy atom. The van der Waals surface area contributed by atoms with Crippen LogP contribution in [0.1, 0.15) is 37.3 Å². The molecule has 2 aromatic rings. The van der Waals surface area contributed by atoms with Gasteiger partial charge in [-0.1, -0.05) is 42.3 Å². The number of ether oxygens (including phenoxy) is 1. The second-order valence-electron chi connectivity index (χ2n) is 5.37. The van der Waals surface area contributed by atoms with Gasteiger partial charge in [-0.25, -0.2) is 8.78 Å².